The lowest BCUT2D eigenvalue weighted by Gasteiger charge is -2.24. The highest BCUT2D eigenvalue weighted by molar-refractivity contribution is 7.92. The Bertz CT molecular complexity index is 1410. The van der Waals surface area contributed by atoms with Crippen molar-refractivity contribution in [1.29, 1.82) is 0 Å². The molecule has 3 aromatic rings. The first-order chi connectivity index (χ1) is 17.3. The predicted octanol–water partition coefficient (Wildman–Crippen LogP) is 4.44. The molecule has 1 amide bonds. The van der Waals surface area contributed by atoms with E-state index in [9.17, 15) is 36.5 Å². The van der Waals surface area contributed by atoms with E-state index in [1.165, 1.54) is 62.6 Å². The summed E-state index contributed by atoms with van der Waals surface area (Å²) in [5, 5.41) is 13.8. The number of aryl methyl sites for hydroxylation is 1. The van der Waals surface area contributed by atoms with Crippen LogP contribution in [0.4, 0.5) is 24.5 Å². The second-order valence-electron chi connectivity index (χ2n) is 7.89. The van der Waals surface area contributed by atoms with Gasteiger partial charge in [-0.25, -0.2) is 8.42 Å². The first-order valence-corrected chi connectivity index (χ1v) is 12.1. The minimum absolute atomic E-state index is 0.0678. The number of ether oxygens (including phenoxy) is 1. The lowest BCUT2D eigenvalue weighted by Crippen LogP contribution is -2.40. The molecule has 37 heavy (non-hydrogen) atoms. The molecular weight excluding hydrogens is 515 g/mol. The van der Waals surface area contributed by atoms with Crippen LogP contribution in [0.25, 0.3) is 0 Å². The Hall–Kier alpha value is -4.13. The normalized spacial score (nSPS) is 11.6. The summed E-state index contributed by atoms with van der Waals surface area (Å²) in [5.41, 5.74) is -0.819. The van der Waals surface area contributed by atoms with Crippen LogP contribution in [0.15, 0.2) is 71.6 Å². The second kappa shape index (κ2) is 10.9. The average molecular weight is 538 g/mol. The Morgan fingerprint density at radius 3 is 2.35 bits per heavy atom. The van der Waals surface area contributed by atoms with Crippen LogP contribution >= 0.6 is 0 Å². The number of benzene rings is 3. The summed E-state index contributed by atoms with van der Waals surface area (Å²) in [6, 6.07) is 13.4. The Labute approximate surface area is 210 Å². The van der Waals surface area contributed by atoms with Crippen molar-refractivity contribution in [2.75, 3.05) is 18.0 Å². The van der Waals surface area contributed by atoms with Gasteiger partial charge in [-0.2, -0.15) is 13.2 Å². The third-order valence-corrected chi connectivity index (χ3v) is 7.13. The third-order valence-electron chi connectivity index (χ3n) is 5.36. The molecule has 0 saturated carbocycles. The van der Waals surface area contributed by atoms with Gasteiger partial charge in [0.1, 0.15) is 12.3 Å². The van der Waals surface area contributed by atoms with Crippen LogP contribution in [0.2, 0.25) is 0 Å². The van der Waals surface area contributed by atoms with E-state index in [2.05, 4.69) is 5.32 Å². The number of carbonyl (C=O) groups is 1. The van der Waals surface area contributed by atoms with Crippen LogP contribution in [0.5, 0.6) is 5.75 Å². The fraction of sp³-hybridized carbons (Fsp3) is 0.208. The van der Waals surface area contributed by atoms with Crippen LogP contribution in [-0.4, -0.2) is 32.9 Å². The number of nitrogens with one attached hydrogen (secondary N) is 1. The van der Waals surface area contributed by atoms with Gasteiger partial charge in [-0.15, -0.1) is 0 Å². The fourth-order valence-electron chi connectivity index (χ4n) is 3.38. The Morgan fingerprint density at radius 1 is 1.08 bits per heavy atom. The van der Waals surface area contributed by atoms with Crippen LogP contribution in [-0.2, 0) is 27.5 Å². The zero-order valence-electron chi connectivity index (χ0n) is 19.7. The van der Waals surface area contributed by atoms with Gasteiger partial charge in [-0.3, -0.25) is 19.2 Å². The lowest BCUT2D eigenvalue weighted by molar-refractivity contribution is -0.385. The number of rotatable bonds is 9. The number of carbonyl (C=O) groups excluding carboxylic acids is 1. The molecule has 0 unspecified atom stereocenters. The smallest absolute Gasteiger partial charge is 0.416 e. The van der Waals surface area contributed by atoms with Gasteiger partial charge in [0.05, 0.1) is 28.2 Å². The molecule has 3 rings (SSSR count). The molecule has 9 nitrogen and oxygen atoms in total. The maximum atomic E-state index is 13.5. The number of sulfonamides is 1. The Kier molecular flexibility index (Phi) is 8.06. The highest BCUT2D eigenvalue weighted by Crippen LogP contribution is 2.30. The molecule has 0 aliphatic rings. The van der Waals surface area contributed by atoms with Crippen LogP contribution < -0.4 is 14.4 Å². The summed E-state index contributed by atoms with van der Waals surface area (Å²) < 4.78 is 71.7. The van der Waals surface area contributed by atoms with E-state index in [1.807, 2.05) is 0 Å². The third kappa shape index (κ3) is 6.55. The number of nitrogens with zero attached hydrogens (tertiary/aromatic N) is 2. The highest BCUT2D eigenvalue weighted by Gasteiger charge is 2.31. The number of alkyl halides is 3. The quantitative estimate of drug-likeness (QED) is 0.318. The summed E-state index contributed by atoms with van der Waals surface area (Å²) in [6.07, 6.45) is -4.56. The van der Waals surface area contributed by atoms with Crippen molar-refractivity contribution in [2.24, 2.45) is 0 Å². The molecule has 0 atom stereocenters. The van der Waals surface area contributed by atoms with Gasteiger partial charge in [-0.05, 0) is 55.0 Å². The number of hydrogen-bond acceptors (Lipinski definition) is 6. The van der Waals surface area contributed by atoms with Gasteiger partial charge in [-0.1, -0.05) is 18.2 Å². The van der Waals surface area contributed by atoms with Crippen LogP contribution in [0, 0.1) is 17.0 Å². The van der Waals surface area contributed by atoms with Crippen LogP contribution in [0.3, 0.4) is 0 Å². The molecule has 0 aliphatic heterocycles. The van der Waals surface area contributed by atoms with E-state index in [1.54, 1.807) is 0 Å². The van der Waals surface area contributed by atoms with E-state index in [4.69, 9.17) is 4.74 Å². The molecular formula is C24H22F3N3O6S. The summed E-state index contributed by atoms with van der Waals surface area (Å²) in [5.74, 6) is -0.389. The number of nitro benzene ring substituents is 1. The Balaban J connectivity index is 1.91. The molecule has 0 aliphatic carbocycles. The molecule has 0 radical (unpaired) electrons. The molecule has 0 saturated heterocycles. The summed E-state index contributed by atoms with van der Waals surface area (Å²) >= 11 is 0. The number of methoxy groups -OCH3 is 1. The van der Waals surface area contributed by atoms with Crippen molar-refractivity contribution in [1.82, 2.24) is 5.32 Å². The molecule has 3 aromatic carbocycles. The molecule has 0 fully saturated rings. The Morgan fingerprint density at radius 2 is 1.76 bits per heavy atom. The van der Waals surface area contributed by atoms with E-state index < -0.39 is 49.7 Å². The zero-order valence-corrected chi connectivity index (χ0v) is 20.5. The van der Waals surface area contributed by atoms with Crippen molar-refractivity contribution in [3.8, 4) is 5.75 Å². The van der Waals surface area contributed by atoms with Crippen LogP contribution in [0.1, 0.15) is 16.7 Å². The van der Waals surface area contributed by atoms with Crippen molar-refractivity contribution in [3.05, 3.63) is 93.5 Å². The van der Waals surface area contributed by atoms with Gasteiger partial charge in [0, 0.05) is 18.2 Å². The van der Waals surface area contributed by atoms with E-state index >= 15 is 0 Å². The molecule has 196 valence electrons. The maximum Gasteiger partial charge on any atom is 0.416 e. The highest BCUT2D eigenvalue weighted by atomic mass is 32.2. The molecule has 0 heterocycles. The van der Waals surface area contributed by atoms with Crippen molar-refractivity contribution < 1.29 is 36.0 Å². The maximum absolute atomic E-state index is 13.5. The van der Waals surface area contributed by atoms with Crippen molar-refractivity contribution >= 4 is 27.3 Å². The molecule has 13 heteroatoms. The zero-order chi connectivity index (χ0) is 27.4. The monoisotopic (exact) mass is 537 g/mol. The molecule has 0 spiro atoms. The van der Waals surface area contributed by atoms with Gasteiger partial charge in [0.25, 0.3) is 15.7 Å². The minimum Gasteiger partial charge on any atom is -0.497 e. The summed E-state index contributed by atoms with van der Waals surface area (Å²) in [6.45, 7) is 0.432. The molecule has 0 aromatic heterocycles. The predicted molar refractivity (Wildman–Crippen MR) is 129 cm³/mol. The van der Waals surface area contributed by atoms with Gasteiger partial charge in [0.15, 0.2) is 0 Å². The average Bonchev–Trinajstić information content (AvgIpc) is 2.85. The number of nitro groups is 1. The molecule has 0 bridgehead atoms. The number of hydrogen-bond donors (Lipinski definition) is 1. The molecule has 1 N–H and O–H groups in total. The summed E-state index contributed by atoms with van der Waals surface area (Å²) in [7, 11) is -3.06. The lowest BCUT2D eigenvalue weighted by atomic mass is 10.1. The van der Waals surface area contributed by atoms with Crippen molar-refractivity contribution in [2.45, 2.75) is 24.5 Å². The number of amides is 1. The largest absolute Gasteiger partial charge is 0.497 e. The number of halogens is 3. The number of anilines is 1. The fourth-order valence-corrected chi connectivity index (χ4v) is 4.82. The topological polar surface area (TPSA) is 119 Å². The first-order valence-electron chi connectivity index (χ1n) is 10.7. The second-order valence-corrected chi connectivity index (χ2v) is 9.75. The van der Waals surface area contributed by atoms with E-state index in [0.717, 1.165) is 22.5 Å². The van der Waals surface area contributed by atoms with Gasteiger partial charge in [0.2, 0.25) is 5.91 Å². The summed E-state index contributed by atoms with van der Waals surface area (Å²) in [4.78, 5) is 23.0. The minimum atomic E-state index is -4.56. The SMILES string of the molecule is COc1ccc(N(CC(=O)NCc2cccc(C(F)(F)F)c2)S(=O)(=O)c2ccc(C)c([N+](=O)[O-])c2)cc1. The standard InChI is InChI=1S/C24H22F3N3O6S/c1-16-6-11-21(13-22(16)30(32)33)37(34,35)29(19-7-9-20(36-2)10-8-19)15-23(31)28-14-17-4-3-5-18(12-17)24(25,26)27/h3-13H,14-15H2,1-2H3,(H,28,31). The van der Waals surface area contributed by atoms with Gasteiger partial charge < -0.3 is 10.1 Å². The van der Waals surface area contributed by atoms with Crippen molar-refractivity contribution in [3.63, 3.8) is 0 Å². The van der Waals surface area contributed by atoms with E-state index in [0.29, 0.717) is 5.75 Å². The first kappa shape index (κ1) is 27.5. The van der Waals surface area contributed by atoms with Gasteiger partial charge >= 0.3 is 6.18 Å². The van der Waals surface area contributed by atoms with E-state index in [-0.39, 0.29) is 23.4 Å².